The maximum atomic E-state index is 14.6. The van der Waals surface area contributed by atoms with Crippen molar-refractivity contribution < 1.29 is 86.8 Å². The van der Waals surface area contributed by atoms with Gasteiger partial charge in [-0.3, -0.25) is 53.7 Å². The van der Waals surface area contributed by atoms with Crippen molar-refractivity contribution >= 4 is 58.6 Å². The van der Waals surface area contributed by atoms with Crippen LogP contribution in [0.5, 0.6) is 17.2 Å². The lowest BCUT2D eigenvalue weighted by Crippen LogP contribution is -2.56. The van der Waals surface area contributed by atoms with Gasteiger partial charge in [0.15, 0.2) is 30.4 Å². The number of Topliss-reactive ketones (excluding diaryl/α,β-unsaturated/α-hetero) is 1. The van der Waals surface area contributed by atoms with E-state index in [1.165, 1.54) is 44.3 Å². The predicted molar refractivity (Wildman–Crippen MR) is 311 cm³/mol. The number of nitrogens with one attached hydrogen (secondary N) is 4. The zero-order valence-corrected chi connectivity index (χ0v) is 50.0. The highest BCUT2D eigenvalue weighted by atomic mass is 16.7. The van der Waals surface area contributed by atoms with Gasteiger partial charge in [-0.15, -0.1) is 0 Å². The summed E-state index contributed by atoms with van der Waals surface area (Å²) >= 11 is 0. The third-order valence-corrected chi connectivity index (χ3v) is 17.5. The van der Waals surface area contributed by atoms with Crippen molar-refractivity contribution in [3.63, 3.8) is 0 Å². The molecule has 6 amide bonds. The molecule has 10 atom stereocenters. The number of rotatable bonds is 21. The highest BCUT2D eigenvalue weighted by molar-refractivity contribution is 6.32. The number of morpholine rings is 1. The van der Waals surface area contributed by atoms with Gasteiger partial charge in [0, 0.05) is 113 Å². The minimum absolute atomic E-state index is 0.00725. The number of ketones is 2. The molecule has 2 aliphatic carbocycles. The van der Waals surface area contributed by atoms with Gasteiger partial charge >= 0.3 is 6.09 Å². The number of carbonyl (C=O) groups excluding carboxylic acids is 8. The number of benzene rings is 3. The van der Waals surface area contributed by atoms with Gasteiger partial charge in [-0.1, -0.05) is 44.5 Å². The van der Waals surface area contributed by atoms with Crippen LogP contribution < -0.4 is 20.7 Å². The normalized spacial score (nSPS) is 25.7. The van der Waals surface area contributed by atoms with E-state index >= 15 is 0 Å². The van der Waals surface area contributed by atoms with Crippen molar-refractivity contribution in [3.05, 3.63) is 93.6 Å². The average molecular weight is 1220 g/mol. The first-order chi connectivity index (χ1) is 42.1. The molecule has 0 aromatic heterocycles. The van der Waals surface area contributed by atoms with Crippen molar-refractivity contribution in [2.24, 2.45) is 5.92 Å². The minimum Gasteiger partial charge on any atom is -0.507 e. The lowest BCUT2D eigenvalue weighted by atomic mass is 9.71. The molecule has 0 spiro atoms. The third-order valence-electron chi connectivity index (χ3n) is 17.5. The van der Waals surface area contributed by atoms with Crippen LogP contribution in [0.15, 0.2) is 54.6 Å². The van der Waals surface area contributed by atoms with E-state index in [-0.39, 0.29) is 139 Å². The number of phenolic OH excluding ortho intramolecular Hbond substituents is 2. The fourth-order valence-corrected chi connectivity index (χ4v) is 12.7. The molecule has 26 nitrogen and oxygen atoms in total. The molecule has 0 unspecified atom stereocenters. The topological polar surface area (TPSA) is 335 Å². The average Bonchev–Trinajstić information content (AvgIpc) is 1.07. The summed E-state index contributed by atoms with van der Waals surface area (Å²) < 4.78 is 42.1. The Kier molecular flexibility index (Phi) is 19.1. The van der Waals surface area contributed by atoms with Crippen LogP contribution in [0.2, 0.25) is 0 Å². The van der Waals surface area contributed by atoms with Crippen LogP contribution in [-0.2, 0) is 70.2 Å². The Morgan fingerprint density at radius 1 is 0.852 bits per heavy atom. The van der Waals surface area contributed by atoms with Gasteiger partial charge in [-0.05, 0) is 56.4 Å². The Bertz CT molecular complexity index is 3260. The van der Waals surface area contributed by atoms with E-state index in [9.17, 15) is 59.1 Å². The van der Waals surface area contributed by atoms with Crippen LogP contribution in [-0.4, -0.2) is 209 Å². The highest BCUT2D eigenvalue weighted by Gasteiger charge is 2.55. The minimum atomic E-state index is -2.21. The summed E-state index contributed by atoms with van der Waals surface area (Å²) in [5.74, 6) is -4.63. The van der Waals surface area contributed by atoms with Crippen molar-refractivity contribution in [1.82, 2.24) is 30.2 Å². The zero-order valence-electron chi connectivity index (χ0n) is 50.0. The molecule has 0 bridgehead atoms. The van der Waals surface area contributed by atoms with Gasteiger partial charge in [-0.2, -0.15) is 0 Å². The molecule has 472 valence electrons. The number of phenols is 2. The number of aromatic hydroxyl groups is 2. The molecule has 3 aromatic rings. The largest absolute Gasteiger partial charge is 0.507 e. The number of piperazine rings is 1. The van der Waals surface area contributed by atoms with E-state index in [0.29, 0.717) is 43.7 Å². The molecule has 10 rings (SSSR count). The third kappa shape index (κ3) is 12.9. The molecule has 3 aromatic carbocycles. The number of anilines is 1. The van der Waals surface area contributed by atoms with E-state index in [4.69, 9.17) is 33.2 Å². The standard InChI is InChI=1S/C62H76N8O18/c1-32(2)52(66-43(72)13-8-7-9-20-70-44(73)18-19-45(70)74)58(79)64-33(3)57(78)65-36-16-14-35(15-17-36)31-85-61(80)68-23-21-67(22-24-68)30-42(71)62(81)28-38-48(55(77)49-50(54(38)76)53(75)37-11-10-12-40(82-5)47(37)51(49)63)41(29-62)87-46-27-39-56(34(4)86-46)88-59-60(83-6)84-26-25-69(39)59/h10-12,14-19,32-34,39,41,46,52,56,59-60,63,76-77,81H,7-9,13,20-31H2,1-6H3,(H,64,79)(H,65,78)(H,66,72)/t33-,34-,39-,41-,46-,52-,56+,59+,60-,62-/m0/s1. The van der Waals surface area contributed by atoms with E-state index in [2.05, 4.69) is 20.9 Å². The van der Waals surface area contributed by atoms with Crippen LogP contribution in [0.1, 0.15) is 116 Å². The molecule has 88 heavy (non-hydrogen) atoms. The van der Waals surface area contributed by atoms with Crippen LogP contribution in [0.3, 0.4) is 0 Å². The Morgan fingerprint density at radius 2 is 1.58 bits per heavy atom. The maximum absolute atomic E-state index is 14.6. The number of methoxy groups -OCH3 is 2. The van der Waals surface area contributed by atoms with Gasteiger partial charge in [0.1, 0.15) is 47.6 Å². The van der Waals surface area contributed by atoms with Crippen LogP contribution in [0, 0.1) is 11.3 Å². The molecule has 7 aliphatic rings. The van der Waals surface area contributed by atoms with Crippen LogP contribution in [0.4, 0.5) is 10.5 Å². The van der Waals surface area contributed by atoms with E-state index in [1.54, 1.807) is 55.1 Å². The van der Waals surface area contributed by atoms with Crippen LogP contribution in [0.25, 0.3) is 0 Å². The molecular weight excluding hydrogens is 1140 g/mol. The monoisotopic (exact) mass is 1220 g/mol. The summed E-state index contributed by atoms with van der Waals surface area (Å²) in [4.78, 5) is 112. The van der Waals surface area contributed by atoms with Crippen LogP contribution >= 0.6 is 0 Å². The number of hydrogen-bond donors (Lipinski definition) is 7. The molecule has 4 fully saturated rings. The number of amides is 6. The number of aliphatic hydroxyl groups is 1. The number of hydrogen-bond acceptors (Lipinski definition) is 21. The smallest absolute Gasteiger partial charge is 0.410 e. The van der Waals surface area contributed by atoms with Gasteiger partial charge in [0.25, 0.3) is 11.8 Å². The SMILES string of the molecule is COc1cccc2c1C(=N)c1c(O)c3c(c(O)c1C2=O)C[C@@](O)(C(=O)CN1CCN(C(=O)OCc2ccc(NC(=O)[C@H](C)NC(=O)[C@@H](NC(=O)CCCCCN4C(=O)C=CC4=O)C(C)C)cc2)CC1)C[C@@H]3O[C@H]1C[C@H]2[C@H](O[C@@H]3[C@@H](OC)OCCN32)[C@H](C)O1. The summed E-state index contributed by atoms with van der Waals surface area (Å²) in [6.45, 7) is 8.54. The van der Waals surface area contributed by atoms with Gasteiger partial charge in [-0.25, -0.2) is 4.79 Å². The molecule has 5 heterocycles. The summed E-state index contributed by atoms with van der Waals surface area (Å²) in [5, 5.41) is 54.6. The van der Waals surface area contributed by atoms with Crippen molar-refractivity contribution in [2.45, 2.75) is 140 Å². The van der Waals surface area contributed by atoms with E-state index < -0.39 is 103 Å². The fraction of sp³-hybridized carbons (Fsp3) is 0.532. The second-order valence-corrected chi connectivity index (χ2v) is 23.7. The summed E-state index contributed by atoms with van der Waals surface area (Å²) in [6.07, 6.45) is -1.35. The van der Waals surface area contributed by atoms with Gasteiger partial charge in [0.05, 0.1) is 54.9 Å². The summed E-state index contributed by atoms with van der Waals surface area (Å²) in [6, 6.07) is 9.12. The predicted octanol–water partition coefficient (Wildman–Crippen LogP) is 2.93. The summed E-state index contributed by atoms with van der Waals surface area (Å²) in [7, 11) is 2.93. The molecule has 5 aliphatic heterocycles. The number of carbonyl (C=O) groups is 8. The molecule has 26 heteroatoms. The fourth-order valence-electron chi connectivity index (χ4n) is 12.7. The summed E-state index contributed by atoms with van der Waals surface area (Å²) in [5.41, 5.74) is -1.95. The van der Waals surface area contributed by atoms with Gasteiger partial charge < -0.3 is 69.3 Å². The number of fused-ring (bicyclic) bond motifs is 6. The second kappa shape index (κ2) is 26.6. The molecule has 0 saturated carbocycles. The van der Waals surface area contributed by atoms with E-state index in [1.807, 2.05) is 6.92 Å². The molecule has 4 saturated heterocycles. The maximum Gasteiger partial charge on any atom is 0.410 e. The number of nitrogens with zero attached hydrogens (tertiary/aromatic N) is 4. The molecule has 7 N–H and O–H groups in total. The lowest BCUT2D eigenvalue weighted by molar-refractivity contribution is -0.256. The zero-order chi connectivity index (χ0) is 62.9. The Hall–Kier alpha value is -7.69. The molecule has 0 radical (unpaired) electrons. The van der Waals surface area contributed by atoms with Crippen molar-refractivity contribution in [3.8, 4) is 17.2 Å². The van der Waals surface area contributed by atoms with Crippen molar-refractivity contribution in [2.75, 3.05) is 72.0 Å². The second-order valence-electron chi connectivity index (χ2n) is 23.7. The first-order valence-electron chi connectivity index (χ1n) is 29.8. The van der Waals surface area contributed by atoms with E-state index in [0.717, 1.165) is 4.90 Å². The van der Waals surface area contributed by atoms with Crippen molar-refractivity contribution in [1.29, 1.82) is 5.41 Å². The Labute approximate surface area is 508 Å². The Balaban J connectivity index is 0.724. The molecular formula is C62H76N8O18. The quantitative estimate of drug-likeness (QED) is 0.0358. The number of unbranched alkanes of at least 4 members (excludes halogenated alkanes) is 2. The Morgan fingerprint density at radius 3 is 2.27 bits per heavy atom. The number of ether oxygens (including phenoxy) is 7. The number of imide groups is 1. The first-order valence-corrected chi connectivity index (χ1v) is 29.8. The van der Waals surface area contributed by atoms with Gasteiger partial charge in [0.2, 0.25) is 17.7 Å². The highest BCUT2D eigenvalue weighted by Crippen LogP contribution is 2.53. The lowest BCUT2D eigenvalue weighted by Gasteiger charge is -2.44. The first kappa shape index (κ1) is 63.3.